The van der Waals surface area contributed by atoms with Crippen LogP contribution in [0.15, 0.2) is 46.7 Å². The van der Waals surface area contributed by atoms with Gasteiger partial charge in [0.25, 0.3) is 0 Å². The topological polar surface area (TPSA) is 20.2 Å². The van der Waals surface area contributed by atoms with Crippen molar-refractivity contribution < 1.29 is 5.11 Å². The third kappa shape index (κ3) is 2.63. The Labute approximate surface area is 116 Å². The predicted molar refractivity (Wildman–Crippen MR) is 78.4 cm³/mol. The Bertz CT molecular complexity index is 482. The van der Waals surface area contributed by atoms with Gasteiger partial charge in [-0.15, -0.1) is 23.1 Å². The molecular formula is C15H16OS2. The van der Waals surface area contributed by atoms with Gasteiger partial charge in [-0.2, -0.15) is 0 Å². The fourth-order valence-electron chi connectivity index (χ4n) is 2.35. The van der Waals surface area contributed by atoms with E-state index >= 15 is 0 Å². The first-order chi connectivity index (χ1) is 8.83. The maximum absolute atomic E-state index is 10.3. The van der Waals surface area contributed by atoms with Crippen LogP contribution >= 0.6 is 23.1 Å². The molecule has 1 nitrogen and oxygen atoms in total. The normalized spacial score (nSPS) is 19.7. The van der Waals surface area contributed by atoms with Crippen molar-refractivity contribution >= 4 is 23.1 Å². The molecule has 0 saturated carbocycles. The first kappa shape index (κ1) is 12.3. The molecule has 0 radical (unpaired) electrons. The molecule has 1 aromatic carbocycles. The van der Waals surface area contributed by atoms with Gasteiger partial charge in [-0.25, -0.2) is 0 Å². The number of thiophene rings is 1. The summed E-state index contributed by atoms with van der Waals surface area (Å²) in [6, 6.07) is 12.7. The molecule has 1 aliphatic rings. The van der Waals surface area contributed by atoms with Crippen LogP contribution in [0, 0.1) is 0 Å². The van der Waals surface area contributed by atoms with Crippen molar-refractivity contribution in [3.8, 4) is 0 Å². The highest BCUT2D eigenvalue weighted by atomic mass is 32.2. The van der Waals surface area contributed by atoms with Gasteiger partial charge in [0.2, 0.25) is 0 Å². The van der Waals surface area contributed by atoms with E-state index in [1.54, 1.807) is 11.3 Å². The van der Waals surface area contributed by atoms with Crippen molar-refractivity contribution in [2.45, 2.75) is 35.5 Å². The highest BCUT2D eigenvalue weighted by molar-refractivity contribution is 8.00. The zero-order valence-corrected chi connectivity index (χ0v) is 11.7. The Morgan fingerprint density at radius 1 is 1.22 bits per heavy atom. The number of aryl methyl sites for hydroxylation is 1. The van der Waals surface area contributed by atoms with Gasteiger partial charge in [0.15, 0.2) is 0 Å². The summed E-state index contributed by atoms with van der Waals surface area (Å²) in [4.78, 5) is 2.72. The summed E-state index contributed by atoms with van der Waals surface area (Å²) in [7, 11) is 0. The fraction of sp³-hybridized carbons (Fsp3) is 0.333. The fourth-order valence-corrected chi connectivity index (χ4v) is 4.42. The summed E-state index contributed by atoms with van der Waals surface area (Å²) in [5.74, 6) is 0. The van der Waals surface area contributed by atoms with Gasteiger partial charge >= 0.3 is 0 Å². The highest BCUT2D eigenvalue weighted by Crippen LogP contribution is 2.39. The summed E-state index contributed by atoms with van der Waals surface area (Å²) in [5.41, 5.74) is 1.39. The van der Waals surface area contributed by atoms with Gasteiger partial charge in [-0.3, -0.25) is 0 Å². The van der Waals surface area contributed by atoms with Gasteiger partial charge in [-0.1, -0.05) is 24.3 Å². The average Bonchev–Trinajstić information content (AvgIpc) is 3.04. The van der Waals surface area contributed by atoms with E-state index in [4.69, 9.17) is 0 Å². The molecule has 3 heteroatoms. The van der Waals surface area contributed by atoms with Crippen LogP contribution in [-0.2, 0) is 12.8 Å². The van der Waals surface area contributed by atoms with Gasteiger partial charge in [0.1, 0.15) is 0 Å². The van der Waals surface area contributed by atoms with Crippen LogP contribution in [0.25, 0.3) is 0 Å². The van der Waals surface area contributed by atoms with E-state index in [1.807, 2.05) is 11.8 Å². The van der Waals surface area contributed by atoms with Crippen molar-refractivity contribution in [3.63, 3.8) is 0 Å². The molecule has 1 aliphatic heterocycles. The Morgan fingerprint density at radius 3 is 2.89 bits per heavy atom. The highest BCUT2D eigenvalue weighted by Gasteiger charge is 2.27. The zero-order valence-electron chi connectivity index (χ0n) is 10.1. The molecule has 0 spiro atoms. The molecule has 2 unspecified atom stereocenters. The van der Waals surface area contributed by atoms with E-state index in [9.17, 15) is 5.11 Å². The number of thioether (sulfide) groups is 1. The van der Waals surface area contributed by atoms with Gasteiger partial charge < -0.3 is 5.11 Å². The van der Waals surface area contributed by atoms with Crippen molar-refractivity contribution in [2.24, 2.45) is 0 Å². The molecule has 1 aromatic heterocycles. The summed E-state index contributed by atoms with van der Waals surface area (Å²) < 4.78 is 0. The lowest BCUT2D eigenvalue weighted by molar-refractivity contribution is 0.162. The molecule has 94 valence electrons. The lowest BCUT2D eigenvalue weighted by Gasteiger charge is -2.16. The van der Waals surface area contributed by atoms with Gasteiger partial charge in [0, 0.05) is 15.0 Å². The van der Waals surface area contributed by atoms with Crippen LogP contribution in [0.2, 0.25) is 0 Å². The van der Waals surface area contributed by atoms with E-state index in [0.717, 1.165) is 19.3 Å². The number of aliphatic hydroxyl groups excluding tert-OH is 1. The quantitative estimate of drug-likeness (QED) is 0.917. The minimum atomic E-state index is -0.204. The Morgan fingerprint density at radius 2 is 2.11 bits per heavy atom. The van der Waals surface area contributed by atoms with E-state index in [0.29, 0.717) is 5.25 Å². The molecule has 2 heterocycles. The zero-order chi connectivity index (χ0) is 12.4. The molecule has 0 fully saturated rings. The van der Waals surface area contributed by atoms with E-state index in [-0.39, 0.29) is 6.10 Å². The van der Waals surface area contributed by atoms with Crippen LogP contribution in [-0.4, -0.2) is 16.5 Å². The second kappa shape index (κ2) is 5.47. The molecule has 0 aliphatic carbocycles. The van der Waals surface area contributed by atoms with E-state index in [1.165, 1.54) is 15.3 Å². The second-order valence-corrected chi connectivity index (χ2v) is 6.97. The van der Waals surface area contributed by atoms with Crippen molar-refractivity contribution in [1.29, 1.82) is 0 Å². The molecule has 18 heavy (non-hydrogen) atoms. The summed E-state index contributed by atoms with van der Waals surface area (Å²) in [6.45, 7) is 0. The van der Waals surface area contributed by atoms with Crippen LogP contribution in [0.5, 0.6) is 0 Å². The van der Waals surface area contributed by atoms with Crippen LogP contribution < -0.4 is 0 Å². The summed E-state index contributed by atoms with van der Waals surface area (Å²) >= 11 is 3.61. The largest absolute Gasteiger partial charge is 0.392 e. The minimum Gasteiger partial charge on any atom is -0.392 e. The third-order valence-corrected chi connectivity index (χ3v) is 5.74. The Hall–Kier alpha value is -0.770. The lowest BCUT2D eigenvalue weighted by Crippen LogP contribution is -2.22. The molecule has 2 atom stereocenters. The second-order valence-electron chi connectivity index (χ2n) is 4.65. The maximum atomic E-state index is 10.3. The maximum Gasteiger partial charge on any atom is 0.0669 e. The molecule has 0 amide bonds. The summed E-state index contributed by atoms with van der Waals surface area (Å²) in [5, 5.41) is 12.7. The predicted octanol–water partition coefficient (Wildman–Crippen LogP) is 3.76. The molecule has 0 saturated heterocycles. The van der Waals surface area contributed by atoms with Crippen LogP contribution in [0.3, 0.4) is 0 Å². The van der Waals surface area contributed by atoms with Crippen molar-refractivity contribution in [2.75, 3.05) is 0 Å². The lowest BCUT2D eigenvalue weighted by atomic mass is 10.0. The molecule has 0 bridgehead atoms. The number of fused-ring (bicyclic) bond motifs is 1. The minimum absolute atomic E-state index is 0.204. The Balaban J connectivity index is 1.57. The molecule has 2 aromatic rings. The SMILES string of the molecule is OC(CCc1cccs1)C1Cc2ccccc2S1. The number of benzene rings is 1. The first-order valence-corrected chi connectivity index (χ1v) is 8.04. The van der Waals surface area contributed by atoms with Gasteiger partial charge in [-0.05, 0) is 42.3 Å². The molecule has 1 N–H and O–H groups in total. The van der Waals surface area contributed by atoms with Gasteiger partial charge in [0.05, 0.1) is 6.10 Å². The van der Waals surface area contributed by atoms with Crippen LogP contribution in [0.1, 0.15) is 16.9 Å². The summed E-state index contributed by atoms with van der Waals surface area (Å²) in [6.07, 6.45) is 2.66. The first-order valence-electron chi connectivity index (χ1n) is 6.28. The third-order valence-electron chi connectivity index (χ3n) is 3.37. The van der Waals surface area contributed by atoms with E-state index < -0.39 is 0 Å². The average molecular weight is 276 g/mol. The number of hydrogen-bond donors (Lipinski definition) is 1. The molecule has 3 rings (SSSR count). The Kier molecular flexibility index (Phi) is 3.73. The number of aliphatic hydroxyl groups is 1. The monoisotopic (exact) mass is 276 g/mol. The molecular weight excluding hydrogens is 260 g/mol. The standard InChI is InChI=1S/C15H16OS2/c16-13(8-7-12-5-3-9-17-12)15-10-11-4-1-2-6-14(11)18-15/h1-6,9,13,15-16H,7-8,10H2. The van der Waals surface area contributed by atoms with Crippen molar-refractivity contribution in [3.05, 3.63) is 52.2 Å². The van der Waals surface area contributed by atoms with Crippen LogP contribution in [0.4, 0.5) is 0 Å². The number of rotatable bonds is 4. The van der Waals surface area contributed by atoms with E-state index in [2.05, 4.69) is 41.8 Å². The van der Waals surface area contributed by atoms with Crippen molar-refractivity contribution in [1.82, 2.24) is 0 Å². The smallest absolute Gasteiger partial charge is 0.0669 e. The number of hydrogen-bond acceptors (Lipinski definition) is 3.